The molecular formula is C26H31N5O8S2. The number of carboxylic acid groups (broad SMARTS) is 1. The highest BCUT2D eigenvalue weighted by atomic mass is 32.2. The molecule has 220 valence electrons. The Kier molecular flexibility index (Phi) is 10.5. The van der Waals surface area contributed by atoms with Gasteiger partial charge in [-0.2, -0.15) is 0 Å². The van der Waals surface area contributed by atoms with E-state index in [0.29, 0.717) is 10.7 Å². The second-order valence-electron chi connectivity index (χ2n) is 9.30. The van der Waals surface area contributed by atoms with Crippen LogP contribution in [0.2, 0.25) is 0 Å². The maximum atomic E-state index is 13.2. The van der Waals surface area contributed by atoms with E-state index >= 15 is 0 Å². The number of aldehydes is 1. The Morgan fingerprint density at radius 2 is 1.90 bits per heavy atom. The molecule has 3 N–H and O–H groups in total. The van der Waals surface area contributed by atoms with Gasteiger partial charge in [-0.15, -0.1) is 0 Å². The highest BCUT2D eigenvalue weighted by Gasteiger charge is 2.27. The Hall–Kier alpha value is -3.95. The molecule has 3 rings (SSSR count). The largest absolute Gasteiger partial charge is 0.487 e. The van der Waals surface area contributed by atoms with Gasteiger partial charge in [0, 0.05) is 32.8 Å². The van der Waals surface area contributed by atoms with Gasteiger partial charge >= 0.3 is 5.97 Å². The lowest BCUT2D eigenvalue weighted by atomic mass is 10.2. The van der Waals surface area contributed by atoms with E-state index in [0.717, 1.165) is 5.52 Å². The number of nitrogens with zero attached hydrogens (tertiary/aromatic N) is 3. The number of sulfonamides is 1. The Morgan fingerprint density at radius 1 is 1.20 bits per heavy atom. The van der Waals surface area contributed by atoms with E-state index in [1.54, 1.807) is 21.0 Å². The third kappa shape index (κ3) is 8.52. The molecule has 2 amide bonds. The molecule has 0 saturated carbocycles. The SMILES string of the molecule is CC(=O)Nc1ccc(S(=O)(=O)NC(C=O)CC(=O)O)c(O[C@H](C)Cn2c(SCC(=O)N(C)C)nc3ccccc32)c1. The van der Waals surface area contributed by atoms with Gasteiger partial charge < -0.3 is 29.4 Å². The normalized spacial score (nSPS) is 12.9. The molecule has 1 aromatic heterocycles. The van der Waals surface area contributed by atoms with Gasteiger partial charge in [-0.05, 0) is 31.2 Å². The molecule has 0 bridgehead atoms. The van der Waals surface area contributed by atoms with Crippen LogP contribution in [0.15, 0.2) is 52.5 Å². The fourth-order valence-electron chi connectivity index (χ4n) is 3.78. The molecule has 13 nitrogen and oxygen atoms in total. The van der Waals surface area contributed by atoms with E-state index in [2.05, 4.69) is 15.0 Å². The molecule has 41 heavy (non-hydrogen) atoms. The molecule has 15 heteroatoms. The minimum Gasteiger partial charge on any atom is -0.487 e. The van der Waals surface area contributed by atoms with Crippen molar-refractivity contribution in [1.29, 1.82) is 0 Å². The number of rotatable bonds is 14. The van der Waals surface area contributed by atoms with E-state index in [4.69, 9.17) is 9.84 Å². The fourth-order valence-corrected chi connectivity index (χ4v) is 6.06. The number of para-hydroxylation sites is 2. The first-order valence-corrected chi connectivity index (χ1v) is 14.8. The van der Waals surface area contributed by atoms with Crippen molar-refractivity contribution in [3.63, 3.8) is 0 Å². The van der Waals surface area contributed by atoms with Gasteiger partial charge in [0.2, 0.25) is 21.8 Å². The van der Waals surface area contributed by atoms with Gasteiger partial charge in [-0.1, -0.05) is 23.9 Å². The summed E-state index contributed by atoms with van der Waals surface area (Å²) in [6, 6.07) is 9.76. The fraction of sp³-hybridized carbons (Fsp3) is 0.346. The summed E-state index contributed by atoms with van der Waals surface area (Å²) in [6.45, 7) is 3.22. The number of thioether (sulfide) groups is 1. The first-order chi connectivity index (χ1) is 19.3. The quantitative estimate of drug-likeness (QED) is 0.182. The number of aliphatic carboxylic acids is 1. The van der Waals surface area contributed by atoms with Gasteiger partial charge in [-0.25, -0.2) is 18.1 Å². The number of carboxylic acids is 1. The van der Waals surface area contributed by atoms with Crippen LogP contribution in [0.25, 0.3) is 11.0 Å². The smallest absolute Gasteiger partial charge is 0.305 e. The van der Waals surface area contributed by atoms with Crippen molar-refractivity contribution in [3.05, 3.63) is 42.5 Å². The molecule has 2 atom stereocenters. The number of imidazole rings is 1. The van der Waals surface area contributed by atoms with Crippen molar-refractivity contribution in [2.75, 3.05) is 25.2 Å². The number of hydrogen-bond donors (Lipinski definition) is 3. The van der Waals surface area contributed by atoms with Crippen LogP contribution in [-0.2, 0) is 35.7 Å². The second-order valence-corrected chi connectivity index (χ2v) is 11.9. The Bertz CT molecular complexity index is 1550. The van der Waals surface area contributed by atoms with Crippen LogP contribution in [0.1, 0.15) is 20.3 Å². The van der Waals surface area contributed by atoms with Crippen LogP contribution in [0.3, 0.4) is 0 Å². The third-order valence-electron chi connectivity index (χ3n) is 5.63. The Morgan fingerprint density at radius 3 is 2.54 bits per heavy atom. The number of hydrogen-bond acceptors (Lipinski definition) is 9. The van der Waals surface area contributed by atoms with E-state index in [1.807, 2.05) is 28.8 Å². The number of benzene rings is 2. The molecule has 3 aromatic rings. The van der Waals surface area contributed by atoms with E-state index in [1.165, 1.54) is 41.8 Å². The number of ether oxygens (including phenoxy) is 1. The van der Waals surface area contributed by atoms with Gasteiger partial charge in [0.1, 0.15) is 23.0 Å². The zero-order valence-electron chi connectivity index (χ0n) is 22.9. The van der Waals surface area contributed by atoms with Crippen molar-refractivity contribution in [3.8, 4) is 5.75 Å². The summed E-state index contributed by atoms with van der Waals surface area (Å²) in [5.74, 6) is -1.81. The summed E-state index contributed by atoms with van der Waals surface area (Å²) in [5.41, 5.74) is 1.76. The molecule has 0 aliphatic carbocycles. The summed E-state index contributed by atoms with van der Waals surface area (Å²) in [7, 11) is -1.09. The summed E-state index contributed by atoms with van der Waals surface area (Å²) in [4.78, 5) is 52.0. The van der Waals surface area contributed by atoms with Crippen molar-refractivity contribution in [2.45, 2.75) is 49.0 Å². The molecule has 1 unspecified atom stereocenters. The standard InChI is InChI=1S/C26H31N5O8S2/c1-16(13-31-21-8-6-5-7-20(21)28-26(31)40-15-24(34)30(3)4)39-22-11-18(27-17(2)33)9-10-23(22)41(37,38)29-19(14-32)12-25(35)36/h5-11,14,16,19,29H,12-13,15H2,1-4H3,(H,27,33)(H,35,36)/t16-,19?/m1/s1. The van der Waals surface area contributed by atoms with Gasteiger partial charge in [0.25, 0.3) is 0 Å². The lowest BCUT2D eigenvalue weighted by molar-refractivity contribution is -0.138. The predicted molar refractivity (Wildman–Crippen MR) is 152 cm³/mol. The predicted octanol–water partition coefficient (Wildman–Crippen LogP) is 1.96. The summed E-state index contributed by atoms with van der Waals surface area (Å²) < 4.78 is 36.4. The van der Waals surface area contributed by atoms with Crippen LogP contribution in [-0.4, -0.2) is 84.0 Å². The number of fused-ring (bicyclic) bond motifs is 1. The van der Waals surface area contributed by atoms with Crippen LogP contribution in [0.4, 0.5) is 5.69 Å². The van der Waals surface area contributed by atoms with E-state index in [9.17, 15) is 27.6 Å². The van der Waals surface area contributed by atoms with Crippen LogP contribution in [0.5, 0.6) is 5.75 Å². The first-order valence-electron chi connectivity index (χ1n) is 12.4. The van der Waals surface area contributed by atoms with E-state index < -0.39 is 34.6 Å². The molecule has 2 aromatic carbocycles. The second kappa shape index (κ2) is 13.6. The maximum Gasteiger partial charge on any atom is 0.305 e. The molecule has 0 aliphatic heterocycles. The molecule has 0 spiro atoms. The lowest BCUT2D eigenvalue weighted by Crippen LogP contribution is -2.37. The van der Waals surface area contributed by atoms with Crippen molar-refractivity contribution in [1.82, 2.24) is 19.2 Å². The van der Waals surface area contributed by atoms with Gasteiger partial charge in [-0.3, -0.25) is 14.4 Å². The maximum absolute atomic E-state index is 13.2. The number of nitrogens with one attached hydrogen (secondary N) is 2. The zero-order valence-corrected chi connectivity index (χ0v) is 24.5. The first kappa shape index (κ1) is 31.6. The van der Waals surface area contributed by atoms with Crippen molar-refractivity contribution >= 4 is 62.6 Å². The third-order valence-corrected chi connectivity index (χ3v) is 8.12. The topological polar surface area (TPSA) is 177 Å². The minimum atomic E-state index is -4.42. The minimum absolute atomic E-state index is 0.0911. The van der Waals surface area contributed by atoms with Crippen molar-refractivity contribution in [2.24, 2.45) is 0 Å². The average molecular weight is 606 g/mol. The summed E-state index contributed by atoms with van der Waals surface area (Å²) in [6.07, 6.45) is -1.20. The lowest BCUT2D eigenvalue weighted by Gasteiger charge is -2.21. The molecule has 1 heterocycles. The average Bonchev–Trinajstić information content (AvgIpc) is 3.22. The van der Waals surface area contributed by atoms with Gasteiger partial charge in [0.05, 0.1) is 35.8 Å². The Labute approximate surface area is 241 Å². The number of carbonyl (C=O) groups excluding carboxylic acids is 3. The molecule has 0 saturated heterocycles. The molecule has 0 fully saturated rings. The molecule has 0 radical (unpaired) electrons. The highest BCUT2D eigenvalue weighted by Crippen LogP contribution is 2.30. The van der Waals surface area contributed by atoms with Crippen molar-refractivity contribution < 1.29 is 37.4 Å². The zero-order chi connectivity index (χ0) is 30.3. The Balaban J connectivity index is 1.95. The number of amides is 2. The number of carbonyl (C=O) groups is 4. The molecule has 0 aliphatic rings. The van der Waals surface area contributed by atoms with Crippen LogP contribution >= 0.6 is 11.8 Å². The highest BCUT2D eigenvalue weighted by molar-refractivity contribution is 7.99. The monoisotopic (exact) mass is 605 g/mol. The van der Waals surface area contributed by atoms with E-state index in [-0.39, 0.29) is 46.7 Å². The van der Waals surface area contributed by atoms with Gasteiger partial charge in [0.15, 0.2) is 5.16 Å². The summed E-state index contributed by atoms with van der Waals surface area (Å²) >= 11 is 1.26. The van der Waals surface area contributed by atoms with Crippen LogP contribution < -0.4 is 14.8 Å². The van der Waals surface area contributed by atoms with Crippen LogP contribution in [0, 0.1) is 0 Å². The summed E-state index contributed by atoms with van der Waals surface area (Å²) in [5, 5.41) is 12.1. The number of anilines is 1. The number of aromatic nitrogens is 2. The molecular weight excluding hydrogens is 574 g/mol.